The predicted molar refractivity (Wildman–Crippen MR) is 60.3 cm³/mol. The molecular formula is C10H11N3O3S. The minimum atomic E-state index is -3.66. The highest BCUT2D eigenvalue weighted by molar-refractivity contribution is 7.89. The molecule has 0 amide bonds. The van der Waals surface area contributed by atoms with Crippen molar-refractivity contribution in [1.82, 2.24) is 14.2 Å². The second kappa shape index (κ2) is 4.17. The van der Waals surface area contributed by atoms with Crippen LogP contribution in [0.2, 0.25) is 0 Å². The average Bonchev–Trinajstić information content (AvgIpc) is 2.83. The van der Waals surface area contributed by atoms with Gasteiger partial charge in [0.2, 0.25) is 0 Å². The molecule has 0 bridgehead atoms. The van der Waals surface area contributed by atoms with Crippen molar-refractivity contribution in [1.29, 1.82) is 0 Å². The minimum Gasteiger partial charge on any atom is -0.496 e. The van der Waals surface area contributed by atoms with Crippen LogP contribution < -0.4 is 4.74 Å². The first-order chi connectivity index (χ1) is 8.05. The maximum absolute atomic E-state index is 12.1. The summed E-state index contributed by atoms with van der Waals surface area (Å²) in [4.78, 5) is 3.77. The highest BCUT2D eigenvalue weighted by atomic mass is 32.2. The molecule has 0 aliphatic heterocycles. The number of rotatable bonds is 3. The van der Waals surface area contributed by atoms with E-state index >= 15 is 0 Å². The van der Waals surface area contributed by atoms with Crippen molar-refractivity contribution in [3.63, 3.8) is 0 Å². The summed E-state index contributed by atoms with van der Waals surface area (Å²) >= 11 is 0. The maximum Gasteiger partial charge on any atom is 0.284 e. The Morgan fingerprint density at radius 2 is 2.12 bits per heavy atom. The predicted octanol–water partition coefficient (Wildman–Crippen LogP) is 0.832. The zero-order valence-electron chi connectivity index (χ0n) is 9.36. The number of benzene rings is 1. The Balaban J connectivity index is 2.52. The van der Waals surface area contributed by atoms with Crippen LogP contribution in [0.25, 0.3) is 0 Å². The van der Waals surface area contributed by atoms with Crippen molar-refractivity contribution in [2.45, 2.75) is 11.8 Å². The van der Waals surface area contributed by atoms with Gasteiger partial charge in [0, 0.05) is 0 Å². The fourth-order valence-corrected chi connectivity index (χ4v) is 2.57. The third-order valence-corrected chi connectivity index (χ3v) is 3.84. The molecule has 17 heavy (non-hydrogen) atoms. The lowest BCUT2D eigenvalue weighted by Crippen LogP contribution is -2.13. The van der Waals surface area contributed by atoms with Gasteiger partial charge in [-0.3, -0.25) is 0 Å². The second-order valence-electron chi connectivity index (χ2n) is 3.40. The molecule has 0 atom stereocenters. The summed E-state index contributed by atoms with van der Waals surface area (Å²) in [6, 6.07) is 4.62. The van der Waals surface area contributed by atoms with E-state index in [-0.39, 0.29) is 4.90 Å². The van der Waals surface area contributed by atoms with E-state index in [1.165, 1.54) is 25.6 Å². The normalized spacial score (nSPS) is 11.4. The third-order valence-electron chi connectivity index (χ3n) is 2.31. The number of methoxy groups -OCH3 is 1. The number of hydrogen-bond donors (Lipinski definition) is 0. The van der Waals surface area contributed by atoms with Gasteiger partial charge in [-0.25, -0.2) is 4.98 Å². The average molecular weight is 253 g/mol. The Morgan fingerprint density at radius 3 is 2.65 bits per heavy atom. The molecule has 0 unspecified atom stereocenters. The molecule has 1 aromatic carbocycles. The van der Waals surface area contributed by atoms with Crippen LogP contribution in [0.3, 0.4) is 0 Å². The fourth-order valence-electron chi connectivity index (χ4n) is 1.44. The Morgan fingerprint density at radius 1 is 1.35 bits per heavy atom. The molecule has 0 aliphatic carbocycles. The van der Waals surface area contributed by atoms with E-state index in [1.54, 1.807) is 13.0 Å². The van der Waals surface area contributed by atoms with E-state index in [0.717, 1.165) is 16.0 Å². The van der Waals surface area contributed by atoms with Gasteiger partial charge >= 0.3 is 0 Å². The Kier molecular flexibility index (Phi) is 2.84. The number of aromatic nitrogens is 3. The molecule has 0 aliphatic rings. The Bertz CT molecular complexity index is 620. The fraction of sp³-hybridized carbons (Fsp3) is 0.200. The Hall–Kier alpha value is -1.89. The second-order valence-corrected chi connectivity index (χ2v) is 5.20. The molecule has 0 spiro atoms. The molecule has 1 heterocycles. The molecule has 2 aromatic rings. The van der Waals surface area contributed by atoms with E-state index in [0.29, 0.717) is 5.75 Å². The van der Waals surface area contributed by atoms with Crippen molar-refractivity contribution in [2.24, 2.45) is 0 Å². The summed E-state index contributed by atoms with van der Waals surface area (Å²) in [6.45, 7) is 1.78. The first-order valence-electron chi connectivity index (χ1n) is 4.80. The van der Waals surface area contributed by atoms with Crippen molar-refractivity contribution in [3.8, 4) is 5.75 Å². The molecule has 0 saturated carbocycles. The molecule has 0 N–H and O–H groups in total. The van der Waals surface area contributed by atoms with Gasteiger partial charge in [0.1, 0.15) is 18.4 Å². The van der Waals surface area contributed by atoms with Crippen LogP contribution in [-0.2, 0) is 10.0 Å². The molecule has 0 radical (unpaired) electrons. The van der Waals surface area contributed by atoms with Gasteiger partial charge in [-0.2, -0.15) is 8.42 Å². The van der Waals surface area contributed by atoms with Gasteiger partial charge < -0.3 is 4.74 Å². The highest BCUT2D eigenvalue weighted by Gasteiger charge is 2.18. The SMILES string of the molecule is COc1ccc(S(=O)(=O)n2cncn2)cc1C. The topological polar surface area (TPSA) is 74.1 Å². The smallest absolute Gasteiger partial charge is 0.284 e. The number of ether oxygens (including phenoxy) is 1. The van der Waals surface area contributed by atoms with Gasteiger partial charge in [0.05, 0.1) is 12.0 Å². The summed E-state index contributed by atoms with van der Waals surface area (Å²) in [6.07, 6.45) is 2.32. The Labute approximate surface area is 98.9 Å². The van der Waals surface area contributed by atoms with E-state index in [1.807, 2.05) is 0 Å². The lowest BCUT2D eigenvalue weighted by molar-refractivity contribution is 0.411. The van der Waals surface area contributed by atoms with Crippen molar-refractivity contribution in [3.05, 3.63) is 36.4 Å². The van der Waals surface area contributed by atoms with Gasteiger partial charge in [0.25, 0.3) is 10.0 Å². The molecule has 6 nitrogen and oxygen atoms in total. The van der Waals surface area contributed by atoms with Crippen molar-refractivity contribution in [2.75, 3.05) is 7.11 Å². The van der Waals surface area contributed by atoms with E-state index in [4.69, 9.17) is 4.74 Å². The zero-order chi connectivity index (χ0) is 12.5. The molecule has 7 heteroatoms. The summed E-state index contributed by atoms with van der Waals surface area (Å²) in [7, 11) is -2.12. The molecular weight excluding hydrogens is 242 g/mol. The van der Waals surface area contributed by atoms with Crippen LogP contribution in [0.4, 0.5) is 0 Å². The lowest BCUT2D eigenvalue weighted by Gasteiger charge is -2.07. The van der Waals surface area contributed by atoms with Crippen LogP contribution in [0.15, 0.2) is 35.7 Å². The van der Waals surface area contributed by atoms with Crippen LogP contribution in [-0.4, -0.2) is 29.7 Å². The van der Waals surface area contributed by atoms with Gasteiger partial charge in [-0.05, 0) is 30.7 Å². The largest absolute Gasteiger partial charge is 0.496 e. The van der Waals surface area contributed by atoms with Gasteiger partial charge in [0.15, 0.2) is 0 Å². The number of nitrogens with zero attached hydrogens (tertiary/aromatic N) is 3. The van der Waals surface area contributed by atoms with E-state index in [2.05, 4.69) is 10.1 Å². The first-order valence-corrected chi connectivity index (χ1v) is 6.24. The van der Waals surface area contributed by atoms with Crippen molar-refractivity contribution < 1.29 is 13.2 Å². The summed E-state index contributed by atoms with van der Waals surface area (Å²) in [5.74, 6) is 0.641. The number of hydrogen-bond acceptors (Lipinski definition) is 5. The molecule has 0 saturated heterocycles. The standard InChI is InChI=1S/C10H11N3O3S/c1-8-5-9(3-4-10(8)16-2)17(14,15)13-7-11-6-12-13/h3-7H,1-2H3. The summed E-state index contributed by atoms with van der Waals surface area (Å²) in [5, 5.41) is 3.62. The minimum absolute atomic E-state index is 0.154. The van der Waals surface area contributed by atoms with Gasteiger partial charge in [-0.1, -0.05) is 0 Å². The third kappa shape index (κ3) is 2.01. The highest BCUT2D eigenvalue weighted by Crippen LogP contribution is 2.22. The van der Waals surface area contributed by atoms with Crippen LogP contribution in [0.1, 0.15) is 5.56 Å². The molecule has 0 fully saturated rings. The maximum atomic E-state index is 12.1. The quantitative estimate of drug-likeness (QED) is 0.810. The van der Waals surface area contributed by atoms with Crippen LogP contribution in [0.5, 0.6) is 5.75 Å². The summed E-state index contributed by atoms with van der Waals surface area (Å²) in [5.41, 5.74) is 0.744. The molecule has 90 valence electrons. The molecule has 1 aromatic heterocycles. The lowest BCUT2D eigenvalue weighted by atomic mass is 10.2. The van der Waals surface area contributed by atoms with Crippen molar-refractivity contribution >= 4 is 10.0 Å². The van der Waals surface area contributed by atoms with Gasteiger partial charge in [-0.15, -0.1) is 9.19 Å². The summed E-state index contributed by atoms with van der Waals surface area (Å²) < 4.78 is 30.0. The first kappa shape index (κ1) is 11.6. The monoisotopic (exact) mass is 253 g/mol. The van der Waals surface area contributed by atoms with E-state index in [9.17, 15) is 8.42 Å². The number of aryl methyl sites for hydroxylation is 1. The molecule has 2 rings (SSSR count). The van der Waals surface area contributed by atoms with E-state index < -0.39 is 10.0 Å². The van der Waals surface area contributed by atoms with Crippen LogP contribution >= 0.6 is 0 Å². The zero-order valence-corrected chi connectivity index (χ0v) is 10.2. The van der Waals surface area contributed by atoms with Crippen LogP contribution in [0, 0.1) is 6.92 Å².